The first kappa shape index (κ1) is 18.4. The standard InChI is InChI=1S/C16H19N5OS2/c1-3-14-19-16(21-20-14)23-10-15(22)18-12-6-4-5-7-13(12)24-11(2)8-9-17/h4-7,11H,3,8,10H2,1-2H3,(H,18,22)(H,19,20,21)/t11-/m1/s1. The van der Waals surface area contributed by atoms with E-state index in [0.29, 0.717) is 11.6 Å². The van der Waals surface area contributed by atoms with E-state index < -0.39 is 0 Å². The highest BCUT2D eigenvalue weighted by atomic mass is 32.2. The molecule has 2 rings (SSSR count). The lowest BCUT2D eigenvalue weighted by Crippen LogP contribution is -2.15. The summed E-state index contributed by atoms with van der Waals surface area (Å²) in [6, 6.07) is 9.78. The van der Waals surface area contributed by atoms with E-state index >= 15 is 0 Å². The Morgan fingerprint density at radius 2 is 2.25 bits per heavy atom. The number of para-hydroxylation sites is 1. The number of carbonyl (C=O) groups excluding carboxylic acids is 1. The molecular weight excluding hydrogens is 342 g/mol. The van der Waals surface area contributed by atoms with Crippen LogP contribution < -0.4 is 5.32 Å². The molecule has 0 saturated heterocycles. The molecule has 2 N–H and O–H groups in total. The van der Waals surface area contributed by atoms with E-state index in [-0.39, 0.29) is 16.9 Å². The number of benzene rings is 1. The number of nitriles is 1. The van der Waals surface area contributed by atoms with Crippen molar-refractivity contribution in [2.24, 2.45) is 0 Å². The number of hydrogen-bond acceptors (Lipinski definition) is 6. The molecule has 126 valence electrons. The summed E-state index contributed by atoms with van der Waals surface area (Å²) in [5, 5.41) is 19.3. The smallest absolute Gasteiger partial charge is 0.234 e. The fourth-order valence-corrected chi connectivity index (χ4v) is 3.49. The van der Waals surface area contributed by atoms with Gasteiger partial charge in [0.1, 0.15) is 5.82 Å². The molecule has 0 spiro atoms. The number of H-pyrrole nitrogens is 1. The highest BCUT2D eigenvalue weighted by molar-refractivity contribution is 8.00. The highest BCUT2D eigenvalue weighted by Crippen LogP contribution is 2.31. The number of rotatable bonds is 8. The first-order chi connectivity index (χ1) is 11.6. The van der Waals surface area contributed by atoms with Crippen molar-refractivity contribution in [3.05, 3.63) is 30.1 Å². The van der Waals surface area contributed by atoms with Gasteiger partial charge in [0.15, 0.2) is 0 Å². The molecule has 8 heteroatoms. The van der Waals surface area contributed by atoms with E-state index in [0.717, 1.165) is 22.8 Å². The number of nitrogens with one attached hydrogen (secondary N) is 2. The first-order valence-corrected chi connectivity index (χ1v) is 9.45. The zero-order chi connectivity index (χ0) is 17.4. The van der Waals surface area contributed by atoms with Crippen LogP contribution in [0.5, 0.6) is 0 Å². The molecule has 1 amide bonds. The Morgan fingerprint density at radius 3 is 2.96 bits per heavy atom. The van der Waals surface area contributed by atoms with E-state index in [9.17, 15) is 4.79 Å². The molecule has 0 unspecified atom stereocenters. The van der Waals surface area contributed by atoms with Crippen LogP contribution in [0.4, 0.5) is 5.69 Å². The van der Waals surface area contributed by atoms with Gasteiger partial charge in [-0.2, -0.15) is 5.26 Å². The largest absolute Gasteiger partial charge is 0.324 e. The van der Waals surface area contributed by atoms with Crippen LogP contribution >= 0.6 is 23.5 Å². The number of amides is 1. The third-order valence-electron chi connectivity index (χ3n) is 3.05. The normalized spacial score (nSPS) is 11.7. The lowest BCUT2D eigenvalue weighted by atomic mass is 10.3. The number of carbonyl (C=O) groups is 1. The lowest BCUT2D eigenvalue weighted by molar-refractivity contribution is -0.113. The van der Waals surface area contributed by atoms with Crippen LogP contribution in [0.15, 0.2) is 34.3 Å². The summed E-state index contributed by atoms with van der Waals surface area (Å²) in [6.45, 7) is 3.99. The van der Waals surface area contributed by atoms with Crippen molar-refractivity contribution in [2.45, 2.75) is 42.0 Å². The Morgan fingerprint density at radius 1 is 1.46 bits per heavy atom. The Hall–Kier alpha value is -1.98. The van der Waals surface area contributed by atoms with E-state index in [2.05, 4.69) is 26.6 Å². The predicted octanol–water partition coefficient (Wildman–Crippen LogP) is 3.49. The van der Waals surface area contributed by atoms with Gasteiger partial charge < -0.3 is 5.32 Å². The SMILES string of the molecule is CCc1nc(SCC(=O)Nc2ccccc2S[C@H](C)CC#N)n[nH]1. The van der Waals surface area contributed by atoms with Crippen LogP contribution in [-0.2, 0) is 11.2 Å². The summed E-state index contributed by atoms with van der Waals surface area (Å²) in [5.41, 5.74) is 0.766. The molecule has 0 aliphatic carbocycles. The number of hydrogen-bond donors (Lipinski definition) is 2. The molecule has 0 radical (unpaired) electrons. The van der Waals surface area contributed by atoms with Crippen molar-refractivity contribution in [1.29, 1.82) is 5.26 Å². The number of aryl methyl sites for hydroxylation is 1. The number of anilines is 1. The third kappa shape index (κ3) is 5.58. The van der Waals surface area contributed by atoms with Gasteiger partial charge in [-0.05, 0) is 12.1 Å². The molecule has 1 atom stereocenters. The minimum absolute atomic E-state index is 0.108. The highest BCUT2D eigenvalue weighted by Gasteiger charge is 2.12. The minimum Gasteiger partial charge on any atom is -0.324 e. The molecule has 1 aromatic carbocycles. The van der Waals surface area contributed by atoms with Crippen molar-refractivity contribution < 1.29 is 4.79 Å². The zero-order valence-electron chi connectivity index (χ0n) is 13.6. The second-order valence-electron chi connectivity index (χ2n) is 5.04. The van der Waals surface area contributed by atoms with Crippen LogP contribution in [0, 0.1) is 11.3 Å². The molecule has 6 nitrogen and oxygen atoms in total. The molecule has 1 heterocycles. The molecule has 1 aromatic heterocycles. The number of aromatic amines is 1. The average Bonchev–Trinajstić information content (AvgIpc) is 3.03. The van der Waals surface area contributed by atoms with Crippen LogP contribution in [0.3, 0.4) is 0 Å². The van der Waals surface area contributed by atoms with Gasteiger partial charge in [-0.25, -0.2) is 4.98 Å². The molecule has 0 fully saturated rings. The van der Waals surface area contributed by atoms with Gasteiger partial charge in [0.25, 0.3) is 0 Å². The molecule has 0 saturated carbocycles. The van der Waals surface area contributed by atoms with Crippen molar-refractivity contribution in [2.75, 3.05) is 11.1 Å². The molecule has 0 bridgehead atoms. The number of nitrogens with zero attached hydrogens (tertiary/aromatic N) is 3. The van der Waals surface area contributed by atoms with Crippen LogP contribution in [0.25, 0.3) is 0 Å². The first-order valence-electron chi connectivity index (χ1n) is 7.59. The second-order valence-corrected chi connectivity index (χ2v) is 7.46. The van der Waals surface area contributed by atoms with Crippen molar-refractivity contribution in [3.63, 3.8) is 0 Å². The fourth-order valence-electron chi connectivity index (χ4n) is 1.88. The maximum absolute atomic E-state index is 12.2. The van der Waals surface area contributed by atoms with Gasteiger partial charge in [0.2, 0.25) is 11.1 Å². The maximum atomic E-state index is 12.2. The van der Waals surface area contributed by atoms with E-state index in [1.54, 1.807) is 11.8 Å². The van der Waals surface area contributed by atoms with Gasteiger partial charge in [-0.1, -0.05) is 37.7 Å². The van der Waals surface area contributed by atoms with Gasteiger partial charge in [0, 0.05) is 23.0 Å². The molecular formula is C16H19N5OS2. The van der Waals surface area contributed by atoms with Gasteiger partial charge in [0.05, 0.1) is 17.5 Å². The lowest BCUT2D eigenvalue weighted by Gasteiger charge is -2.13. The predicted molar refractivity (Wildman–Crippen MR) is 97.1 cm³/mol. The number of thioether (sulfide) groups is 2. The Bertz CT molecular complexity index is 725. The summed E-state index contributed by atoms with van der Waals surface area (Å²) < 4.78 is 0. The van der Waals surface area contributed by atoms with Crippen LogP contribution in [0.1, 0.15) is 26.1 Å². The Labute approximate surface area is 149 Å². The summed E-state index contributed by atoms with van der Waals surface area (Å²) in [7, 11) is 0. The number of aromatic nitrogens is 3. The van der Waals surface area contributed by atoms with Crippen LogP contribution in [0.2, 0.25) is 0 Å². The summed E-state index contributed by atoms with van der Waals surface area (Å²) in [5.74, 6) is 0.947. The Balaban J connectivity index is 1.92. The zero-order valence-corrected chi connectivity index (χ0v) is 15.2. The summed E-state index contributed by atoms with van der Waals surface area (Å²) in [4.78, 5) is 17.4. The maximum Gasteiger partial charge on any atom is 0.234 e. The Kier molecular flexibility index (Phi) is 7.15. The van der Waals surface area contributed by atoms with Gasteiger partial charge >= 0.3 is 0 Å². The quantitative estimate of drug-likeness (QED) is 0.699. The molecule has 0 aliphatic heterocycles. The van der Waals surface area contributed by atoms with Crippen molar-refractivity contribution in [3.8, 4) is 6.07 Å². The average molecular weight is 361 g/mol. The monoisotopic (exact) mass is 361 g/mol. The molecule has 24 heavy (non-hydrogen) atoms. The summed E-state index contributed by atoms with van der Waals surface area (Å²) >= 11 is 2.88. The van der Waals surface area contributed by atoms with E-state index in [1.807, 2.05) is 38.1 Å². The van der Waals surface area contributed by atoms with E-state index in [4.69, 9.17) is 5.26 Å². The summed E-state index contributed by atoms with van der Waals surface area (Å²) in [6.07, 6.45) is 1.25. The topological polar surface area (TPSA) is 94.5 Å². The van der Waals surface area contributed by atoms with Crippen molar-refractivity contribution >= 4 is 35.1 Å². The van der Waals surface area contributed by atoms with E-state index in [1.165, 1.54) is 11.8 Å². The molecule has 0 aliphatic rings. The second kappa shape index (κ2) is 9.35. The van der Waals surface area contributed by atoms with Gasteiger partial charge in [-0.3, -0.25) is 9.89 Å². The fraction of sp³-hybridized carbons (Fsp3) is 0.375. The van der Waals surface area contributed by atoms with Crippen LogP contribution in [-0.4, -0.2) is 32.1 Å². The third-order valence-corrected chi connectivity index (χ3v) is 5.07. The minimum atomic E-state index is -0.108. The van der Waals surface area contributed by atoms with Crippen molar-refractivity contribution in [1.82, 2.24) is 15.2 Å². The van der Waals surface area contributed by atoms with Gasteiger partial charge in [-0.15, -0.1) is 16.9 Å². The molecule has 2 aromatic rings.